The summed E-state index contributed by atoms with van der Waals surface area (Å²) >= 11 is 0. The van der Waals surface area contributed by atoms with Crippen molar-refractivity contribution in [2.45, 2.75) is 13.8 Å². The largest absolute Gasteiger partial charge is 0.481 e. The Labute approximate surface area is 74.6 Å². The van der Waals surface area contributed by atoms with Gasteiger partial charge in [0.1, 0.15) is 0 Å². The van der Waals surface area contributed by atoms with Crippen molar-refractivity contribution in [3.63, 3.8) is 0 Å². The first-order chi connectivity index (χ1) is 5.82. The van der Waals surface area contributed by atoms with Crippen LogP contribution in [0.2, 0.25) is 0 Å². The van der Waals surface area contributed by atoms with Crippen LogP contribution in [0.3, 0.4) is 0 Å². The molecule has 70 valence electrons. The second kappa shape index (κ2) is 2.22. The Morgan fingerprint density at radius 2 is 1.85 bits per heavy atom. The van der Waals surface area contributed by atoms with Crippen LogP contribution < -0.4 is 0 Å². The summed E-state index contributed by atoms with van der Waals surface area (Å²) in [5.74, 6) is -3.69. The van der Waals surface area contributed by atoms with E-state index in [9.17, 15) is 9.59 Å². The van der Waals surface area contributed by atoms with Gasteiger partial charge in [-0.15, -0.1) is 0 Å². The van der Waals surface area contributed by atoms with Gasteiger partial charge in [0.2, 0.25) is 0 Å². The van der Waals surface area contributed by atoms with E-state index < -0.39 is 28.7 Å². The lowest BCUT2D eigenvalue weighted by Gasteiger charge is -2.03. The molecule has 1 fully saturated rings. The monoisotopic (exact) mass is 183 g/mol. The molecule has 2 atom stereocenters. The fourth-order valence-electron chi connectivity index (χ4n) is 1.91. The van der Waals surface area contributed by atoms with Gasteiger partial charge in [-0.1, -0.05) is 13.8 Å². The molecule has 0 aliphatic heterocycles. The standard InChI is InChI=1S/C8H9NO4/c1-7(2)4(5(10)11)8(7,3-9)6(12)13/h4H,1-2H3,(H,10,11)(H,12,13)/t4?,8-/m0/s1. The predicted molar refractivity (Wildman–Crippen MR) is 40.6 cm³/mol. The number of carboxylic acid groups (broad SMARTS) is 2. The molecular formula is C8H9NO4. The van der Waals surface area contributed by atoms with Crippen LogP contribution in [0.1, 0.15) is 13.8 Å². The van der Waals surface area contributed by atoms with E-state index in [2.05, 4.69) is 0 Å². The summed E-state index contributed by atoms with van der Waals surface area (Å²) in [5.41, 5.74) is -2.74. The van der Waals surface area contributed by atoms with Crippen LogP contribution in [0.15, 0.2) is 0 Å². The summed E-state index contributed by atoms with van der Waals surface area (Å²) in [6.07, 6.45) is 0. The zero-order valence-corrected chi connectivity index (χ0v) is 7.24. The highest BCUT2D eigenvalue weighted by Gasteiger charge is 2.80. The summed E-state index contributed by atoms with van der Waals surface area (Å²) in [6, 6.07) is 1.59. The van der Waals surface area contributed by atoms with Gasteiger partial charge in [-0.05, 0) is 0 Å². The van der Waals surface area contributed by atoms with Gasteiger partial charge in [0.25, 0.3) is 0 Å². The van der Waals surface area contributed by atoms with Gasteiger partial charge in [-0.3, -0.25) is 9.59 Å². The minimum absolute atomic E-state index is 0.987. The highest BCUT2D eigenvalue weighted by atomic mass is 16.4. The maximum absolute atomic E-state index is 10.8. The molecule has 0 aromatic heterocycles. The molecule has 0 aromatic rings. The van der Waals surface area contributed by atoms with Crippen LogP contribution in [-0.4, -0.2) is 22.2 Å². The maximum Gasteiger partial charge on any atom is 0.325 e. The number of hydrogen-bond donors (Lipinski definition) is 2. The number of carbonyl (C=O) groups is 2. The van der Waals surface area contributed by atoms with E-state index in [-0.39, 0.29) is 0 Å². The van der Waals surface area contributed by atoms with Crippen molar-refractivity contribution in [3.05, 3.63) is 0 Å². The second-order valence-corrected chi connectivity index (χ2v) is 3.72. The molecule has 2 N–H and O–H groups in total. The van der Waals surface area contributed by atoms with Gasteiger partial charge in [-0.2, -0.15) is 5.26 Å². The van der Waals surface area contributed by atoms with Crippen molar-refractivity contribution in [2.75, 3.05) is 0 Å². The minimum atomic E-state index is -1.75. The molecule has 1 aliphatic rings. The molecule has 0 spiro atoms. The van der Waals surface area contributed by atoms with Gasteiger partial charge in [-0.25, -0.2) is 0 Å². The van der Waals surface area contributed by atoms with Gasteiger partial charge in [0.05, 0.1) is 12.0 Å². The predicted octanol–water partition coefficient (Wildman–Crippen LogP) is 0.322. The van der Waals surface area contributed by atoms with E-state index in [1.165, 1.54) is 13.8 Å². The van der Waals surface area contributed by atoms with E-state index in [0.29, 0.717) is 0 Å². The quantitative estimate of drug-likeness (QED) is 0.642. The number of aliphatic carboxylic acids is 2. The van der Waals surface area contributed by atoms with Crippen molar-refractivity contribution in [1.29, 1.82) is 5.26 Å². The van der Waals surface area contributed by atoms with E-state index in [1.54, 1.807) is 6.07 Å². The first-order valence-electron chi connectivity index (χ1n) is 3.70. The van der Waals surface area contributed by atoms with Gasteiger partial charge < -0.3 is 10.2 Å². The van der Waals surface area contributed by atoms with Crippen molar-refractivity contribution >= 4 is 11.9 Å². The van der Waals surface area contributed by atoms with E-state index in [1.807, 2.05) is 0 Å². The number of carboxylic acids is 2. The van der Waals surface area contributed by atoms with Crippen LogP contribution in [0, 0.1) is 28.1 Å². The van der Waals surface area contributed by atoms with E-state index in [0.717, 1.165) is 0 Å². The molecule has 1 aliphatic carbocycles. The van der Waals surface area contributed by atoms with Crippen molar-refractivity contribution in [2.24, 2.45) is 16.7 Å². The lowest BCUT2D eigenvalue weighted by atomic mass is 9.98. The number of hydrogen-bond acceptors (Lipinski definition) is 3. The molecule has 0 saturated heterocycles. The molecule has 5 heteroatoms. The van der Waals surface area contributed by atoms with Crippen LogP contribution >= 0.6 is 0 Å². The molecule has 13 heavy (non-hydrogen) atoms. The molecular weight excluding hydrogens is 174 g/mol. The average molecular weight is 183 g/mol. The fraction of sp³-hybridized carbons (Fsp3) is 0.625. The molecule has 0 heterocycles. The Balaban J connectivity index is 3.16. The lowest BCUT2D eigenvalue weighted by Crippen LogP contribution is -2.20. The van der Waals surface area contributed by atoms with Gasteiger partial charge in [0, 0.05) is 5.41 Å². The summed E-state index contributed by atoms with van der Waals surface area (Å²) in [7, 11) is 0. The smallest absolute Gasteiger partial charge is 0.325 e. The van der Waals surface area contributed by atoms with E-state index in [4.69, 9.17) is 15.5 Å². The Bertz CT molecular complexity index is 328. The fourth-order valence-corrected chi connectivity index (χ4v) is 1.91. The first kappa shape index (κ1) is 9.52. The molecule has 1 saturated carbocycles. The lowest BCUT2D eigenvalue weighted by molar-refractivity contribution is -0.146. The number of rotatable bonds is 2. The molecule has 0 aromatic carbocycles. The SMILES string of the molecule is CC1(C)C(C(=O)O)[C@@]1(C#N)C(=O)O. The van der Waals surface area contributed by atoms with Crippen LogP contribution in [0.4, 0.5) is 0 Å². The minimum Gasteiger partial charge on any atom is -0.481 e. The van der Waals surface area contributed by atoms with Crippen molar-refractivity contribution in [1.82, 2.24) is 0 Å². The third-order valence-corrected chi connectivity index (χ3v) is 2.85. The highest BCUT2D eigenvalue weighted by molar-refractivity contribution is 5.94. The zero-order valence-electron chi connectivity index (χ0n) is 7.24. The Hall–Kier alpha value is -1.57. The molecule has 1 rings (SSSR count). The van der Waals surface area contributed by atoms with Crippen LogP contribution in [-0.2, 0) is 9.59 Å². The Morgan fingerprint density at radius 3 is 1.92 bits per heavy atom. The third-order valence-electron chi connectivity index (χ3n) is 2.85. The van der Waals surface area contributed by atoms with E-state index >= 15 is 0 Å². The Morgan fingerprint density at radius 1 is 1.38 bits per heavy atom. The summed E-state index contributed by atoms with van der Waals surface area (Å²) in [4.78, 5) is 21.4. The van der Waals surface area contributed by atoms with Crippen LogP contribution in [0.25, 0.3) is 0 Å². The second-order valence-electron chi connectivity index (χ2n) is 3.72. The molecule has 0 radical (unpaired) electrons. The average Bonchev–Trinajstić information content (AvgIpc) is 2.48. The number of nitriles is 1. The third kappa shape index (κ3) is 0.800. The molecule has 5 nitrogen and oxygen atoms in total. The summed E-state index contributed by atoms with van der Waals surface area (Å²) in [6.45, 7) is 2.95. The van der Waals surface area contributed by atoms with Gasteiger partial charge >= 0.3 is 11.9 Å². The molecule has 0 amide bonds. The summed E-state index contributed by atoms with van der Waals surface area (Å²) in [5, 5.41) is 26.2. The number of nitrogens with zero attached hydrogens (tertiary/aromatic N) is 1. The molecule has 1 unspecified atom stereocenters. The maximum atomic E-state index is 10.8. The zero-order chi connectivity index (χ0) is 10.4. The van der Waals surface area contributed by atoms with Gasteiger partial charge in [0.15, 0.2) is 5.41 Å². The summed E-state index contributed by atoms with van der Waals surface area (Å²) < 4.78 is 0. The normalized spacial score (nSPS) is 34.7. The van der Waals surface area contributed by atoms with Crippen molar-refractivity contribution < 1.29 is 19.8 Å². The van der Waals surface area contributed by atoms with Crippen molar-refractivity contribution in [3.8, 4) is 6.07 Å². The topological polar surface area (TPSA) is 98.4 Å². The Kier molecular flexibility index (Phi) is 1.63. The highest BCUT2D eigenvalue weighted by Crippen LogP contribution is 2.68. The molecule has 0 bridgehead atoms. The first-order valence-corrected chi connectivity index (χ1v) is 3.70. The van der Waals surface area contributed by atoms with Crippen LogP contribution in [0.5, 0.6) is 0 Å².